The predicted molar refractivity (Wildman–Crippen MR) is 97.9 cm³/mol. The summed E-state index contributed by atoms with van der Waals surface area (Å²) < 4.78 is 9.26. The molecule has 1 unspecified atom stereocenters. The minimum absolute atomic E-state index is 0.110. The maximum atomic E-state index is 11.8. The minimum atomic E-state index is -0.178. The molecule has 0 saturated carbocycles. The van der Waals surface area contributed by atoms with Gasteiger partial charge in [0, 0.05) is 57.3 Å². The number of rotatable bonds is 3. The SMILES string of the molecule is CCOC(=O)N1CCC(N2CCN(C3N=CSN=C3Cl)CC2)CC1. The fourth-order valence-corrected chi connectivity index (χ4v) is 4.21. The third-order valence-corrected chi connectivity index (χ3v) is 5.70. The number of carbonyl (C=O) groups excluding carboxylic acids is 1. The highest BCUT2D eigenvalue weighted by atomic mass is 35.5. The van der Waals surface area contributed by atoms with Crippen LogP contribution in [0.15, 0.2) is 9.39 Å². The van der Waals surface area contributed by atoms with Crippen molar-refractivity contribution < 1.29 is 9.53 Å². The van der Waals surface area contributed by atoms with E-state index in [0.717, 1.165) is 52.1 Å². The first kappa shape index (κ1) is 18.0. The van der Waals surface area contributed by atoms with Gasteiger partial charge in [-0.15, -0.1) is 0 Å². The molecule has 0 radical (unpaired) electrons. The Hall–Kier alpha value is -0.830. The number of ether oxygens (including phenoxy) is 1. The molecule has 3 aliphatic rings. The topological polar surface area (TPSA) is 60.7 Å². The summed E-state index contributed by atoms with van der Waals surface area (Å²) in [4.78, 5) is 22.9. The largest absolute Gasteiger partial charge is 0.450 e. The van der Waals surface area contributed by atoms with Gasteiger partial charge in [-0.1, -0.05) is 11.6 Å². The molecule has 134 valence electrons. The summed E-state index contributed by atoms with van der Waals surface area (Å²) in [6.07, 6.45) is 1.74. The van der Waals surface area contributed by atoms with Gasteiger partial charge in [-0.3, -0.25) is 14.8 Å². The maximum absolute atomic E-state index is 11.8. The lowest BCUT2D eigenvalue weighted by Gasteiger charge is -2.43. The second-order valence-electron chi connectivity index (χ2n) is 6.14. The first-order chi connectivity index (χ1) is 11.7. The minimum Gasteiger partial charge on any atom is -0.450 e. The summed E-state index contributed by atoms with van der Waals surface area (Å²) in [6.45, 7) is 7.75. The molecular weight excluding hydrogens is 350 g/mol. The molecule has 0 spiro atoms. The molecule has 0 aromatic rings. The molecule has 3 aliphatic heterocycles. The predicted octanol–water partition coefficient (Wildman–Crippen LogP) is 1.88. The normalized spacial score (nSPS) is 27.2. The Balaban J connectivity index is 1.44. The van der Waals surface area contributed by atoms with Gasteiger partial charge >= 0.3 is 6.09 Å². The number of piperazine rings is 1. The van der Waals surface area contributed by atoms with Crippen LogP contribution in [-0.4, -0.2) is 89.6 Å². The smallest absolute Gasteiger partial charge is 0.409 e. The van der Waals surface area contributed by atoms with E-state index in [9.17, 15) is 4.79 Å². The monoisotopic (exact) mass is 373 g/mol. The van der Waals surface area contributed by atoms with Crippen LogP contribution in [0.25, 0.3) is 0 Å². The number of carbonyl (C=O) groups is 1. The van der Waals surface area contributed by atoms with Crippen molar-refractivity contribution in [1.29, 1.82) is 0 Å². The van der Waals surface area contributed by atoms with Crippen molar-refractivity contribution in [3.8, 4) is 0 Å². The van der Waals surface area contributed by atoms with Crippen LogP contribution < -0.4 is 0 Å². The number of hydrogen-bond acceptors (Lipinski definition) is 7. The molecule has 0 N–H and O–H groups in total. The Kier molecular flexibility index (Phi) is 6.37. The lowest BCUT2D eigenvalue weighted by atomic mass is 10.0. The van der Waals surface area contributed by atoms with Gasteiger partial charge in [0.25, 0.3) is 0 Å². The van der Waals surface area contributed by atoms with Crippen LogP contribution >= 0.6 is 23.5 Å². The Labute approximate surface area is 152 Å². The van der Waals surface area contributed by atoms with E-state index in [1.165, 1.54) is 11.9 Å². The number of halogens is 1. The van der Waals surface area contributed by atoms with Gasteiger partial charge in [0.15, 0.2) is 11.3 Å². The molecule has 2 saturated heterocycles. The standard InChI is InChI=1S/C15H24ClN5O2S/c1-2-23-15(22)21-5-3-12(4-6-21)19-7-9-20(10-8-19)14-13(16)18-24-11-17-14/h11-12,14H,2-10H2,1H3. The van der Waals surface area contributed by atoms with Crippen LogP contribution in [0.2, 0.25) is 0 Å². The highest BCUT2D eigenvalue weighted by Gasteiger charge is 2.32. The lowest BCUT2D eigenvalue weighted by Crippen LogP contribution is -2.56. The van der Waals surface area contributed by atoms with Crippen LogP contribution in [0.4, 0.5) is 4.79 Å². The van der Waals surface area contributed by atoms with Gasteiger partial charge < -0.3 is 9.64 Å². The fraction of sp³-hybridized carbons (Fsp3) is 0.800. The van der Waals surface area contributed by atoms with Crippen molar-refractivity contribution in [3.63, 3.8) is 0 Å². The van der Waals surface area contributed by atoms with Gasteiger partial charge in [0.05, 0.1) is 12.2 Å². The van der Waals surface area contributed by atoms with Gasteiger partial charge in [-0.05, 0) is 19.8 Å². The lowest BCUT2D eigenvalue weighted by molar-refractivity contribution is 0.0469. The Morgan fingerprint density at radius 2 is 1.92 bits per heavy atom. The molecule has 3 heterocycles. The van der Waals surface area contributed by atoms with Crippen LogP contribution in [0.3, 0.4) is 0 Å². The second-order valence-corrected chi connectivity index (χ2v) is 7.13. The van der Waals surface area contributed by atoms with E-state index in [-0.39, 0.29) is 12.3 Å². The van der Waals surface area contributed by atoms with E-state index in [1.807, 2.05) is 11.8 Å². The van der Waals surface area contributed by atoms with E-state index < -0.39 is 0 Å². The quantitative estimate of drug-likeness (QED) is 0.707. The highest BCUT2D eigenvalue weighted by molar-refractivity contribution is 8.11. The summed E-state index contributed by atoms with van der Waals surface area (Å²) >= 11 is 7.47. The number of nitrogens with zero attached hydrogens (tertiary/aromatic N) is 5. The van der Waals surface area contributed by atoms with Crippen molar-refractivity contribution in [2.75, 3.05) is 45.9 Å². The van der Waals surface area contributed by atoms with Gasteiger partial charge in [-0.2, -0.15) is 4.40 Å². The third kappa shape index (κ3) is 4.22. The van der Waals surface area contributed by atoms with E-state index in [0.29, 0.717) is 17.8 Å². The fourth-order valence-electron chi connectivity index (χ4n) is 3.49. The zero-order chi connectivity index (χ0) is 16.9. The number of piperidine rings is 1. The average Bonchev–Trinajstić information content (AvgIpc) is 2.63. The molecular formula is C15H24ClN5O2S. The summed E-state index contributed by atoms with van der Waals surface area (Å²) in [5.74, 6) is 0. The van der Waals surface area contributed by atoms with Crippen molar-refractivity contribution in [3.05, 3.63) is 0 Å². The molecule has 0 aliphatic carbocycles. The number of likely N-dealkylation sites (tertiary alicyclic amines) is 1. The molecule has 0 aromatic carbocycles. The zero-order valence-electron chi connectivity index (χ0n) is 13.9. The van der Waals surface area contributed by atoms with E-state index in [1.54, 1.807) is 5.55 Å². The van der Waals surface area contributed by atoms with Crippen LogP contribution in [0, 0.1) is 0 Å². The van der Waals surface area contributed by atoms with Crippen LogP contribution in [0.1, 0.15) is 19.8 Å². The Morgan fingerprint density at radius 1 is 1.25 bits per heavy atom. The summed E-state index contributed by atoms with van der Waals surface area (Å²) in [5.41, 5.74) is 1.76. The van der Waals surface area contributed by atoms with Gasteiger partial charge in [0.1, 0.15) is 0 Å². The van der Waals surface area contributed by atoms with Crippen molar-refractivity contribution in [2.45, 2.75) is 32.0 Å². The van der Waals surface area contributed by atoms with E-state index in [4.69, 9.17) is 16.3 Å². The van der Waals surface area contributed by atoms with E-state index >= 15 is 0 Å². The first-order valence-corrected chi connectivity index (χ1v) is 9.71. The third-order valence-electron chi connectivity index (χ3n) is 4.80. The molecule has 9 heteroatoms. The molecule has 0 bridgehead atoms. The van der Waals surface area contributed by atoms with Gasteiger partial charge in [0.2, 0.25) is 0 Å². The molecule has 1 amide bonds. The van der Waals surface area contributed by atoms with Crippen molar-refractivity contribution in [2.24, 2.45) is 9.39 Å². The molecule has 3 rings (SSSR count). The zero-order valence-corrected chi connectivity index (χ0v) is 15.5. The molecule has 0 aromatic heterocycles. The number of aliphatic imine (C=N–C) groups is 1. The Morgan fingerprint density at radius 3 is 2.54 bits per heavy atom. The first-order valence-electron chi connectivity index (χ1n) is 8.49. The van der Waals surface area contributed by atoms with E-state index in [2.05, 4.69) is 19.2 Å². The average molecular weight is 374 g/mol. The number of amides is 1. The van der Waals surface area contributed by atoms with Crippen molar-refractivity contribution in [1.82, 2.24) is 14.7 Å². The number of hydrogen-bond donors (Lipinski definition) is 0. The highest BCUT2D eigenvalue weighted by Crippen LogP contribution is 2.22. The molecule has 2 fully saturated rings. The molecule has 24 heavy (non-hydrogen) atoms. The second kappa shape index (κ2) is 8.51. The molecule has 7 nitrogen and oxygen atoms in total. The summed E-state index contributed by atoms with van der Waals surface area (Å²) in [7, 11) is 0. The van der Waals surface area contributed by atoms with Crippen LogP contribution in [-0.2, 0) is 4.74 Å². The molecule has 1 atom stereocenters. The summed E-state index contributed by atoms with van der Waals surface area (Å²) in [5, 5.41) is 0.568. The van der Waals surface area contributed by atoms with Crippen LogP contribution in [0.5, 0.6) is 0 Å². The maximum Gasteiger partial charge on any atom is 0.409 e. The summed E-state index contributed by atoms with van der Waals surface area (Å²) in [6, 6.07) is 0.548. The van der Waals surface area contributed by atoms with Gasteiger partial charge in [-0.25, -0.2) is 4.79 Å². The Bertz CT molecular complexity index is 502. The van der Waals surface area contributed by atoms with Crippen molar-refractivity contribution >= 4 is 40.4 Å².